The van der Waals surface area contributed by atoms with Gasteiger partial charge in [-0.05, 0) is 25.0 Å². The molecule has 0 bridgehead atoms. The summed E-state index contributed by atoms with van der Waals surface area (Å²) in [5.41, 5.74) is 0.561. The number of rotatable bonds is 6. The Morgan fingerprint density at radius 2 is 2.06 bits per heavy atom. The summed E-state index contributed by atoms with van der Waals surface area (Å²) < 4.78 is 40.8. The molecule has 1 aromatic rings. The molecule has 96 valence electrons. The molecule has 1 aromatic carbocycles. The van der Waals surface area contributed by atoms with Crippen molar-refractivity contribution in [2.45, 2.75) is 20.3 Å². The Labute approximate surface area is 102 Å². The average Bonchev–Trinajstić information content (AvgIpc) is 2.29. The molecule has 0 radical (unpaired) electrons. The van der Waals surface area contributed by atoms with Crippen molar-refractivity contribution < 1.29 is 17.5 Å². The van der Waals surface area contributed by atoms with Crippen molar-refractivity contribution >= 4 is 9.84 Å². The summed E-state index contributed by atoms with van der Waals surface area (Å²) in [6, 6.07) is 4.61. The number of hydrogen-bond donors (Lipinski definition) is 0. The van der Waals surface area contributed by atoms with E-state index in [4.69, 9.17) is 4.74 Å². The zero-order valence-electron chi connectivity index (χ0n) is 10.1. The minimum Gasteiger partial charge on any atom is -0.493 e. The van der Waals surface area contributed by atoms with Gasteiger partial charge in [-0.2, -0.15) is 0 Å². The van der Waals surface area contributed by atoms with Gasteiger partial charge in [0.05, 0.1) is 12.4 Å². The summed E-state index contributed by atoms with van der Waals surface area (Å²) in [7, 11) is -2.94. The molecule has 0 atom stereocenters. The highest BCUT2D eigenvalue weighted by Crippen LogP contribution is 2.15. The normalized spacial score (nSPS) is 11.5. The molecule has 5 heteroatoms. The van der Waals surface area contributed by atoms with Gasteiger partial charge < -0.3 is 4.74 Å². The molecular formula is C12H17FO3S. The van der Waals surface area contributed by atoms with Crippen LogP contribution in [0, 0.1) is 12.7 Å². The van der Waals surface area contributed by atoms with Gasteiger partial charge >= 0.3 is 0 Å². The SMILES string of the molecule is CCS(=O)(=O)CCCOc1ccc(C)c(F)c1. The lowest BCUT2D eigenvalue weighted by molar-refractivity contribution is 0.316. The monoisotopic (exact) mass is 260 g/mol. The first-order chi connectivity index (χ1) is 7.94. The van der Waals surface area contributed by atoms with Crippen LogP contribution in [0.15, 0.2) is 18.2 Å². The van der Waals surface area contributed by atoms with E-state index in [9.17, 15) is 12.8 Å². The fourth-order valence-electron chi connectivity index (χ4n) is 1.28. The Balaban J connectivity index is 2.39. The predicted octanol–water partition coefficient (Wildman–Crippen LogP) is 2.34. The van der Waals surface area contributed by atoms with E-state index in [1.165, 1.54) is 6.07 Å². The van der Waals surface area contributed by atoms with Crippen LogP contribution in [0.25, 0.3) is 0 Å². The second kappa shape index (κ2) is 6.00. The van der Waals surface area contributed by atoms with Crippen LogP contribution >= 0.6 is 0 Å². The zero-order chi connectivity index (χ0) is 12.9. The van der Waals surface area contributed by atoms with E-state index in [0.717, 1.165) is 0 Å². The third-order valence-electron chi connectivity index (χ3n) is 2.45. The molecule has 0 unspecified atom stereocenters. The molecule has 0 aliphatic heterocycles. The fourth-order valence-corrected chi connectivity index (χ4v) is 2.12. The van der Waals surface area contributed by atoms with E-state index in [0.29, 0.717) is 17.7 Å². The van der Waals surface area contributed by atoms with Crippen LogP contribution in [0.4, 0.5) is 4.39 Å². The Morgan fingerprint density at radius 3 is 2.65 bits per heavy atom. The van der Waals surface area contributed by atoms with Gasteiger partial charge in [0.2, 0.25) is 0 Å². The maximum absolute atomic E-state index is 13.2. The lowest BCUT2D eigenvalue weighted by atomic mass is 10.2. The summed E-state index contributed by atoms with van der Waals surface area (Å²) >= 11 is 0. The molecule has 0 N–H and O–H groups in total. The third-order valence-corrected chi connectivity index (χ3v) is 4.24. The van der Waals surface area contributed by atoms with Gasteiger partial charge in [-0.3, -0.25) is 0 Å². The van der Waals surface area contributed by atoms with Crippen LogP contribution in [-0.2, 0) is 9.84 Å². The summed E-state index contributed by atoms with van der Waals surface area (Å²) in [6.07, 6.45) is 0.422. The van der Waals surface area contributed by atoms with Gasteiger partial charge in [-0.25, -0.2) is 12.8 Å². The molecule has 0 fully saturated rings. The maximum atomic E-state index is 13.2. The zero-order valence-corrected chi connectivity index (χ0v) is 10.9. The highest BCUT2D eigenvalue weighted by Gasteiger charge is 2.07. The number of sulfone groups is 1. The number of aryl methyl sites for hydroxylation is 1. The molecule has 0 spiro atoms. The van der Waals surface area contributed by atoms with Gasteiger partial charge in [0, 0.05) is 11.8 Å². The number of ether oxygens (including phenoxy) is 1. The van der Waals surface area contributed by atoms with E-state index in [1.807, 2.05) is 0 Å². The molecule has 17 heavy (non-hydrogen) atoms. The standard InChI is InChI=1S/C12H17FO3S/c1-3-17(14,15)8-4-7-16-11-6-5-10(2)12(13)9-11/h5-6,9H,3-4,7-8H2,1-2H3. The van der Waals surface area contributed by atoms with Crippen molar-refractivity contribution in [3.05, 3.63) is 29.6 Å². The van der Waals surface area contributed by atoms with E-state index in [1.54, 1.807) is 26.0 Å². The van der Waals surface area contributed by atoms with Crippen LogP contribution in [0.2, 0.25) is 0 Å². The Kier molecular flexibility index (Phi) is 4.93. The molecule has 3 nitrogen and oxygen atoms in total. The molecule has 1 rings (SSSR count). The minimum absolute atomic E-state index is 0.109. The molecule has 0 saturated heterocycles. The summed E-state index contributed by atoms with van der Waals surface area (Å²) in [5, 5.41) is 0. The van der Waals surface area contributed by atoms with Crippen molar-refractivity contribution in [3.8, 4) is 5.75 Å². The molecular weight excluding hydrogens is 243 g/mol. The lowest BCUT2D eigenvalue weighted by Gasteiger charge is -2.07. The summed E-state index contributed by atoms with van der Waals surface area (Å²) in [4.78, 5) is 0. The molecule has 0 saturated carbocycles. The fraction of sp³-hybridized carbons (Fsp3) is 0.500. The van der Waals surface area contributed by atoms with Crippen molar-refractivity contribution in [2.24, 2.45) is 0 Å². The number of halogens is 1. The van der Waals surface area contributed by atoms with Crippen molar-refractivity contribution in [3.63, 3.8) is 0 Å². The first-order valence-electron chi connectivity index (χ1n) is 5.54. The second-order valence-electron chi connectivity index (χ2n) is 3.85. The van der Waals surface area contributed by atoms with E-state index in [2.05, 4.69) is 0 Å². The first-order valence-corrected chi connectivity index (χ1v) is 7.36. The average molecular weight is 260 g/mol. The molecule has 0 heterocycles. The molecule has 0 aliphatic rings. The van der Waals surface area contributed by atoms with Crippen LogP contribution < -0.4 is 4.74 Å². The number of benzene rings is 1. The van der Waals surface area contributed by atoms with E-state index < -0.39 is 9.84 Å². The topological polar surface area (TPSA) is 43.4 Å². The summed E-state index contributed by atoms with van der Waals surface area (Å²) in [5.74, 6) is 0.370. The smallest absolute Gasteiger partial charge is 0.150 e. The molecule has 0 amide bonds. The Morgan fingerprint density at radius 1 is 1.35 bits per heavy atom. The first kappa shape index (κ1) is 14.0. The van der Waals surface area contributed by atoms with Crippen LogP contribution in [0.1, 0.15) is 18.9 Å². The van der Waals surface area contributed by atoms with Crippen LogP contribution in [-0.4, -0.2) is 26.5 Å². The van der Waals surface area contributed by atoms with Gasteiger partial charge in [-0.15, -0.1) is 0 Å². The highest BCUT2D eigenvalue weighted by molar-refractivity contribution is 7.91. The van der Waals surface area contributed by atoms with Crippen molar-refractivity contribution in [2.75, 3.05) is 18.1 Å². The van der Waals surface area contributed by atoms with E-state index in [-0.39, 0.29) is 23.9 Å². The van der Waals surface area contributed by atoms with Gasteiger partial charge in [0.25, 0.3) is 0 Å². The highest BCUT2D eigenvalue weighted by atomic mass is 32.2. The van der Waals surface area contributed by atoms with Gasteiger partial charge in [0.15, 0.2) is 0 Å². The predicted molar refractivity (Wildman–Crippen MR) is 65.6 cm³/mol. The van der Waals surface area contributed by atoms with Crippen molar-refractivity contribution in [1.29, 1.82) is 0 Å². The quantitative estimate of drug-likeness (QED) is 0.737. The molecule has 0 aliphatic carbocycles. The summed E-state index contributed by atoms with van der Waals surface area (Å²) in [6.45, 7) is 3.57. The Bertz CT molecular complexity index is 469. The lowest BCUT2D eigenvalue weighted by Crippen LogP contribution is -2.11. The Hall–Kier alpha value is -1.10. The molecule has 0 aromatic heterocycles. The largest absolute Gasteiger partial charge is 0.493 e. The van der Waals surface area contributed by atoms with Gasteiger partial charge in [-0.1, -0.05) is 13.0 Å². The number of hydrogen-bond acceptors (Lipinski definition) is 3. The van der Waals surface area contributed by atoms with Crippen LogP contribution in [0.3, 0.4) is 0 Å². The maximum Gasteiger partial charge on any atom is 0.150 e. The minimum atomic E-state index is -2.94. The second-order valence-corrected chi connectivity index (χ2v) is 6.32. The van der Waals surface area contributed by atoms with Crippen molar-refractivity contribution in [1.82, 2.24) is 0 Å². The van der Waals surface area contributed by atoms with E-state index >= 15 is 0 Å². The van der Waals surface area contributed by atoms with Crippen LogP contribution in [0.5, 0.6) is 5.75 Å². The van der Waals surface area contributed by atoms with Gasteiger partial charge in [0.1, 0.15) is 21.4 Å². The third kappa shape index (κ3) is 4.73.